The molecule has 0 aliphatic carbocycles. The van der Waals surface area contributed by atoms with Crippen molar-refractivity contribution in [3.63, 3.8) is 0 Å². The van der Waals surface area contributed by atoms with Crippen molar-refractivity contribution >= 4 is 33.0 Å². The van der Waals surface area contributed by atoms with Crippen LogP contribution >= 0.6 is 11.6 Å². The van der Waals surface area contributed by atoms with Crippen LogP contribution in [-0.2, 0) is 9.84 Å². The van der Waals surface area contributed by atoms with Crippen LogP contribution < -0.4 is 9.64 Å². The minimum atomic E-state index is -5.02. The molecule has 6 nitrogen and oxygen atoms in total. The van der Waals surface area contributed by atoms with Crippen LogP contribution in [0, 0.1) is 0 Å². The summed E-state index contributed by atoms with van der Waals surface area (Å²) >= 11 is 6.09. The number of anilines is 1. The lowest BCUT2D eigenvalue weighted by molar-refractivity contribution is -0.249. The van der Waals surface area contributed by atoms with E-state index in [2.05, 4.69) is 4.99 Å². The molecule has 1 unspecified atom stereocenters. The van der Waals surface area contributed by atoms with E-state index in [0.717, 1.165) is 11.2 Å². The van der Waals surface area contributed by atoms with E-state index in [1.54, 1.807) is 0 Å². The van der Waals surface area contributed by atoms with Gasteiger partial charge in [-0.1, -0.05) is 11.6 Å². The molecule has 2 aromatic rings. The summed E-state index contributed by atoms with van der Waals surface area (Å²) in [6, 6.07) is 9.53. The van der Waals surface area contributed by atoms with E-state index in [4.69, 9.17) is 16.3 Å². The van der Waals surface area contributed by atoms with E-state index in [1.807, 2.05) is 0 Å². The van der Waals surface area contributed by atoms with Gasteiger partial charge in [0.25, 0.3) is 5.72 Å². The molecule has 156 valence electrons. The molecule has 0 amide bonds. The van der Waals surface area contributed by atoms with Crippen LogP contribution in [0.25, 0.3) is 0 Å². The molecule has 11 heteroatoms. The first-order valence-electron chi connectivity index (χ1n) is 8.16. The zero-order chi connectivity index (χ0) is 21.6. The number of nitrogens with zero attached hydrogens (tertiary/aromatic N) is 2. The van der Waals surface area contributed by atoms with E-state index in [9.17, 15) is 26.7 Å². The molecule has 0 radical (unpaired) electrons. The number of β-amino-alcohol motifs (C(OH)–C–C–N with tert-alkyl or cyclic N) is 1. The number of alkyl halides is 3. The molecule has 1 aliphatic heterocycles. The largest absolute Gasteiger partial charge is 0.495 e. The van der Waals surface area contributed by atoms with Crippen LogP contribution in [0.3, 0.4) is 0 Å². The van der Waals surface area contributed by atoms with Crippen molar-refractivity contribution in [3.05, 3.63) is 53.1 Å². The highest BCUT2D eigenvalue weighted by Crippen LogP contribution is 2.40. The second-order valence-corrected chi connectivity index (χ2v) is 8.87. The van der Waals surface area contributed by atoms with Crippen LogP contribution in [0.4, 0.5) is 18.9 Å². The van der Waals surface area contributed by atoms with Crippen molar-refractivity contribution in [2.45, 2.75) is 16.8 Å². The molecule has 0 fully saturated rings. The van der Waals surface area contributed by atoms with Gasteiger partial charge in [-0.15, -0.1) is 0 Å². The Morgan fingerprint density at radius 3 is 2.31 bits per heavy atom. The number of sulfone groups is 1. The number of rotatable bonds is 4. The van der Waals surface area contributed by atoms with Crippen LogP contribution in [-0.4, -0.2) is 51.2 Å². The highest BCUT2D eigenvalue weighted by atomic mass is 35.5. The lowest BCUT2D eigenvalue weighted by atomic mass is 10.1. The van der Waals surface area contributed by atoms with Crippen molar-refractivity contribution in [2.24, 2.45) is 4.99 Å². The van der Waals surface area contributed by atoms with Gasteiger partial charge in [0.2, 0.25) is 0 Å². The van der Waals surface area contributed by atoms with Crippen molar-refractivity contribution in [2.75, 3.05) is 24.8 Å². The Bertz CT molecular complexity index is 1070. The number of benzene rings is 2. The molecule has 0 saturated heterocycles. The van der Waals surface area contributed by atoms with Gasteiger partial charge >= 0.3 is 6.18 Å². The lowest BCUT2D eigenvalue weighted by Crippen LogP contribution is -2.47. The Balaban J connectivity index is 2.10. The van der Waals surface area contributed by atoms with E-state index in [-0.39, 0.29) is 27.0 Å². The highest BCUT2D eigenvalue weighted by Gasteiger charge is 2.59. The first-order valence-corrected chi connectivity index (χ1v) is 10.4. The van der Waals surface area contributed by atoms with Gasteiger partial charge in [-0.2, -0.15) is 13.2 Å². The molecule has 0 aromatic heterocycles. The van der Waals surface area contributed by atoms with Crippen molar-refractivity contribution in [3.8, 4) is 5.75 Å². The smallest absolute Gasteiger partial charge is 0.440 e. The summed E-state index contributed by atoms with van der Waals surface area (Å²) in [6.07, 6.45) is -4.00. The van der Waals surface area contributed by atoms with Gasteiger partial charge in [0, 0.05) is 17.5 Å². The summed E-state index contributed by atoms with van der Waals surface area (Å²) in [5.74, 6) is 0.155. The molecule has 0 bridgehead atoms. The monoisotopic (exact) mass is 448 g/mol. The number of aliphatic imine (C=N–C) groups is 1. The number of halogens is 4. The molecule has 1 heterocycles. The minimum absolute atomic E-state index is 0.00460. The summed E-state index contributed by atoms with van der Waals surface area (Å²) < 4.78 is 68.6. The van der Waals surface area contributed by atoms with Crippen molar-refractivity contribution in [1.82, 2.24) is 0 Å². The third kappa shape index (κ3) is 4.05. The number of ether oxygens (including phenoxy) is 1. The van der Waals surface area contributed by atoms with Crippen LogP contribution in [0.1, 0.15) is 5.56 Å². The number of aliphatic hydroxyl groups is 1. The number of amidine groups is 1. The summed E-state index contributed by atoms with van der Waals surface area (Å²) in [5.41, 5.74) is -2.88. The molecule has 2 aromatic carbocycles. The van der Waals surface area contributed by atoms with Gasteiger partial charge in [0.05, 0.1) is 23.6 Å². The van der Waals surface area contributed by atoms with Gasteiger partial charge in [0.1, 0.15) is 11.6 Å². The number of hydrogen-bond acceptors (Lipinski definition) is 6. The highest BCUT2D eigenvalue weighted by molar-refractivity contribution is 7.90. The van der Waals surface area contributed by atoms with Crippen molar-refractivity contribution < 1.29 is 31.4 Å². The summed E-state index contributed by atoms with van der Waals surface area (Å²) in [5, 5.41) is 10.3. The van der Waals surface area contributed by atoms with Gasteiger partial charge < -0.3 is 14.7 Å². The summed E-state index contributed by atoms with van der Waals surface area (Å²) in [6.45, 7) is -0.887. The molecular formula is C18H16ClF3N2O4S. The second kappa shape index (κ2) is 7.19. The van der Waals surface area contributed by atoms with Gasteiger partial charge in [0.15, 0.2) is 9.84 Å². The van der Waals surface area contributed by atoms with E-state index >= 15 is 0 Å². The summed E-state index contributed by atoms with van der Waals surface area (Å²) in [4.78, 5) is 4.70. The fraction of sp³-hybridized carbons (Fsp3) is 0.278. The molecule has 0 saturated carbocycles. The Morgan fingerprint density at radius 1 is 1.21 bits per heavy atom. The fourth-order valence-corrected chi connectivity index (χ4v) is 3.71. The molecule has 29 heavy (non-hydrogen) atoms. The van der Waals surface area contributed by atoms with E-state index < -0.39 is 28.3 Å². The maximum absolute atomic E-state index is 13.4. The molecule has 1 aliphatic rings. The minimum Gasteiger partial charge on any atom is -0.495 e. The van der Waals surface area contributed by atoms with E-state index in [0.29, 0.717) is 5.75 Å². The summed E-state index contributed by atoms with van der Waals surface area (Å²) in [7, 11) is -2.08. The molecule has 3 rings (SSSR count). The Morgan fingerprint density at radius 2 is 1.83 bits per heavy atom. The fourth-order valence-electron chi connectivity index (χ4n) is 2.83. The Kier molecular flexibility index (Phi) is 5.31. The lowest BCUT2D eigenvalue weighted by Gasteiger charge is -2.26. The standard InChI is InChI=1S/C18H16ClF3N2O4S/c1-28-15-8-5-12(9-14(15)19)24-10-17(25,18(20,21)22)23-16(24)11-3-6-13(7-4-11)29(2,26)27/h3-9,25H,10H2,1-2H3. The van der Waals surface area contributed by atoms with Crippen LogP contribution in [0.5, 0.6) is 5.75 Å². The predicted molar refractivity (Wildman–Crippen MR) is 102 cm³/mol. The van der Waals surface area contributed by atoms with Crippen LogP contribution in [0.15, 0.2) is 52.4 Å². The number of hydrogen-bond donors (Lipinski definition) is 1. The SMILES string of the molecule is COc1ccc(N2CC(O)(C(F)(F)F)N=C2c2ccc(S(C)(=O)=O)cc2)cc1Cl. The van der Waals surface area contributed by atoms with Crippen LogP contribution in [0.2, 0.25) is 5.02 Å². The normalized spacial score (nSPS) is 20.0. The maximum Gasteiger partial charge on any atom is 0.440 e. The second-order valence-electron chi connectivity index (χ2n) is 6.45. The van der Waals surface area contributed by atoms with Gasteiger partial charge in [-0.25, -0.2) is 13.4 Å². The van der Waals surface area contributed by atoms with Gasteiger partial charge in [-0.3, -0.25) is 0 Å². The van der Waals surface area contributed by atoms with E-state index in [1.165, 1.54) is 49.6 Å². The average molecular weight is 449 g/mol. The predicted octanol–water partition coefficient (Wildman–Crippen LogP) is 3.27. The molecular weight excluding hydrogens is 433 g/mol. The zero-order valence-electron chi connectivity index (χ0n) is 15.2. The average Bonchev–Trinajstić information content (AvgIpc) is 3.00. The van der Waals surface area contributed by atoms with Gasteiger partial charge in [-0.05, 0) is 42.5 Å². The molecule has 1 atom stereocenters. The van der Waals surface area contributed by atoms with Crippen molar-refractivity contribution in [1.29, 1.82) is 0 Å². The number of methoxy groups -OCH3 is 1. The third-order valence-electron chi connectivity index (χ3n) is 4.37. The molecule has 1 N–H and O–H groups in total. The maximum atomic E-state index is 13.4. The first-order chi connectivity index (χ1) is 13.4. The third-order valence-corrected chi connectivity index (χ3v) is 5.79. The Hall–Kier alpha value is -2.30. The topological polar surface area (TPSA) is 79.2 Å². The quantitative estimate of drug-likeness (QED) is 0.776. The molecule has 0 spiro atoms. The first kappa shape index (κ1) is 21.4. The Labute approximate surface area is 170 Å². The zero-order valence-corrected chi connectivity index (χ0v) is 16.8.